The molecule has 1 aromatic carbocycles. The van der Waals surface area contributed by atoms with E-state index in [1.165, 1.54) is 0 Å². The fraction of sp³-hybridized carbons (Fsp3) is 0.211. The summed E-state index contributed by atoms with van der Waals surface area (Å²) in [5.41, 5.74) is 2.11. The predicted molar refractivity (Wildman–Crippen MR) is 110 cm³/mol. The summed E-state index contributed by atoms with van der Waals surface area (Å²) in [4.78, 5) is 30.1. The summed E-state index contributed by atoms with van der Waals surface area (Å²) < 4.78 is 15.2. The number of aryl methyl sites for hydroxylation is 1. The summed E-state index contributed by atoms with van der Waals surface area (Å²) in [7, 11) is 1.08. The minimum Gasteiger partial charge on any atom is -0.475 e. The third-order valence-electron chi connectivity index (χ3n) is 4.19. The molecule has 0 radical (unpaired) electrons. The monoisotopic (exact) mass is 449 g/mol. The molecule has 1 unspecified atom stereocenters. The first-order valence-corrected chi connectivity index (χ1v) is 11.1. The standard InChI is InChI=1S/C19H15NO6S3/c1-10-15(29-16(20-10)11-5-6-27-8-11)9-28-12-3-4-13-14(7-12)26-19(25-13,17(21)22)18(23)24-2/h3-8H,9H2,1-2H3,(H,21,22). The van der Waals surface area contributed by atoms with E-state index >= 15 is 0 Å². The molecule has 0 fully saturated rings. The number of carbonyl (C=O) groups excluding carboxylic acids is 1. The van der Waals surface area contributed by atoms with Crippen molar-refractivity contribution in [3.63, 3.8) is 0 Å². The molecule has 4 rings (SSSR count). The molecule has 10 heteroatoms. The molecular formula is C19H15NO6S3. The second-order valence-corrected chi connectivity index (χ2v) is 8.97. The molecule has 0 amide bonds. The molecule has 29 heavy (non-hydrogen) atoms. The fourth-order valence-electron chi connectivity index (χ4n) is 2.69. The molecule has 7 nitrogen and oxygen atoms in total. The van der Waals surface area contributed by atoms with Crippen molar-refractivity contribution in [3.8, 4) is 22.1 Å². The van der Waals surface area contributed by atoms with E-state index in [4.69, 9.17) is 9.47 Å². The molecular weight excluding hydrogens is 434 g/mol. The number of hydrogen-bond donors (Lipinski definition) is 1. The number of methoxy groups -OCH3 is 1. The Kier molecular flexibility index (Phi) is 5.24. The summed E-state index contributed by atoms with van der Waals surface area (Å²) >= 11 is 4.85. The number of thioether (sulfide) groups is 1. The van der Waals surface area contributed by atoms with Crippen molar-refractivity contribution >= 4 is 46.4 Å². The van der Waals surface area contributed by atoms with Gasteiger partial charge in [-0.25, -0.2) is 14.6 Å². The van der Waals surface area contributed by atoms with E-state index in [9.17, 15) is 14.7 Å². The SMILES string of the molecule is COC(=O)C1(C(=O)O)Oc2ccc(SCc3sc(-c4ccsc4)nc3C)cc2O1. The van der Waals surface area contributed by atoms with Gasteiger partial charge in [0.2, 0.25) is 0 Å². The number of nitrogens with zero attached hydrogens (tertiary/aromatic N) is 1. The number of aromatic nitrogens is 1. The van der Waals surface area contributed by atoms with E-state index in [0.29, 0.717) is 5.75 Å². The number of rotatable bonds is 6. The summed E-state index contributed by atoms with van der Waals surface area (Å²) in [5.74, 6) is -4.15. The van der Waals surface area contributed by atoms with E-state index in [1.54, 1.807) is 52.6 Å². The zero-order chi connectivity index (χ0) is 20.6. The highest BCUT2D eigenvalue weighted by Crippen LogP contribution is 2.43. The zero-order valence-electron chi connectivity index (χ0n) is 15.3. The van der Waals surface area contributed by atoms with E-state index in [0.717, 1.165) is 33.1 Å². The minimum atomic E-state index is -2.51. The third kappa shape index (κ3) is 3.59. The lowest BCUT2D eigenvalue weighted by molar-refractivity contribution is -0.196. The van der Waals surface area contributed by atoms with Crippen LogP contribution in [0, 0.1) is 6.92 Å². The Morgan fingerprint density at radius 1 is 1.28 bits per heavy atom. The third-order valence-corrected chi connectivity index (χ3v) is 7.28. The van der Waals surface area contributed by atoms with Gasteiger partial charge < -0.3 is 19.3 Å². The Labute approximate surface area is 178 Å². The second-order valence-electron chi connectivity index (χ2n) is 6.05. The summed E-state index contributed by atoms with van der Waals surface area (Å²) in [6.45, 7) is 1.99. The van der Waals surface area contributed by atoms with Crippen LogP contribution in [0.25, 0.3) is 10.6 Å². The number of aliphatic carboxylic acids is 1. The highest BCUT2D eigenvalue weighted by molar-refractivity contribution is 7.98. The summed E-state index contributed by atoms with van der Waals surface area (Å²) in [5, 5.41) is 14.5. The lowest BCUT2D eigenvalue weighted by atomic mass is 10.3. The molecule has 1 aliphatic rings. The molecule has 2 aromatic heterocycles. The average molecular weight is 450 g/mol. The van der Waals surface area contributed by atoms with Crippen LogP contribution in [0.15, 0.2) is 39.9 Å². The Bertz CT molecular complexity index is 1080. The number of thiazole rings is 1. The van der Waals surface area contributed by atoms with Gasteiger partial charge in [0.05, 0.1) is 12.8 Å². The summed E-state index contributed by atoms with van der Waals surface area (Å²) in [6, 6.07) is 7.08. The first-order valence-electron chi connectivity index (χ1n) is 8.38. The van der Waals surface area contributed by atoms with Gasteiger partial charge in [0.15, 0.2) is 11.5 Å². The molecule has 150 valence electrons. The van der Waals surface area contributed by atoms with Crippen molar-refractivity contribution < 1.29 is 28.9 Å². The number of carboxylic acids is 1. The number of ether oxygens (including phenoxy) is 3. The number of carbonyl (C=O) groups is 2. The Balaban J connectivity index is 1.50. The highest BCUT2D eigenvalue weighted by Gasteiger charge is 2.58. The van der Waals surface area contributed by atoms with Crippen LogP contribution in [0.1, 0.15) is 10.6 Å². The van der Waals surface area contributed by atoms with Crippen LogP contribution in [-0.4, -0.2) is 34.9 Å². The van der Waals surface area contributed by atoms with Crippen molar-refractivity contribution in [3.05, 3.63) is 45.6 Å². The molecule has 0 spiro atoms. The molecule has 0 saturated heterocycles. The number of benzene rings is 1. The van der Waals surface area contributed by atoms with Crippen LogP contribution < -0.4 is 9.47 Å². The van der Waals surface area contributed by atoms with Crippen LogP contribution in [-0.2, 0) is 20.1 Å². The maximum Gasteiger partial charge on any atom is 0.453 e. The van der Waals surface area contributed by atoms with Crippen LogP contribution in [0.4, 0.5) is 0 Å². The highest BCUT2D eigenvalue weighted by atomic mass is 32.2. The number of fused-ring (bicyclic) bond motifs is 1. The van der Waals surface area contributed by atoms with Crippen LogP contribution in [0.2, 0.25) is 0 Å². The lowest BCUT2D eigenvalue weighted by Gasteiger charge is -2.19. The normalized spacial score (nSPS) is 17.3. The van der Waals surface area contributed by atoms with Crippen molar-refractivity contribution in [2.75, 3.05) is 7.11 Å². The first kappa shape index (κ1) is 19.7. The van der Waals surface area contributed by atoms with Crippen LogP contribution >= 0.6 is 34.4 Å². The van der Waals surface area contributed by atoms with Gasteiger partial charge >= 0.3 is 17.7 Å². The molecule has 1 N–H and O–H groups in total. The van der Waals surface area contributed by atoms with E-state index in [2.05, 4.69) is 15.1 Å². The number of esters is 1. The average Bonchev–Trinajstić information content (AvgIpc) is 3.43. The fourth-order valence-corrected chi connectivity index (χ4v) is 5.53. The van der Waals surface area contributed by atoms with Crippen molar-refractivity contribution in [1.82, 2.24) is 4.98 Å². The van der Waals surface area contributed by atoms with E-state index < -0.39 is 17.7 Å². The maximum absolute atomic E-state index is 11.9. The smallest absolute Gasteiger partial charge is 0.453 e. The van der Waals surface area contributed by atoms with Gasteiger partial charge in [-0.3, -0.25) is 0 Å². The second kappa shape index (κ2) is 7.69. The molecule has 3 heterocycles. The van der Waals surface area contributed by atoms with E-state index in [1.807, 2.05) is 18.4 Å². The van der Waals surface area contributed by atoms with Crippen molar-refractivity contribution in [1.29, 1.82) is 0 Å². The maximum atomic E-state index is 11.9. The van der Waals surface area contributed by atoms with Gasteiger partial charge in [-0.15, -0.1) is 23.1 Å². The van der Waals surface area contributed by atoms with Gasteiger partial charge in [0, 0.05) is 26.5 Å². The number of thiophene rings is 1. The predicted octanol–water partition coefficient (Wildman–Crippen LogP) is 4.20. The lowest BCUT2D eigenvalue weighted by Crippen LogP contribution is -2.54. The van der Waals surface area contributed by atoms with Gasteiger partial charge in [-0.05, 0) is 36.6 Å². The first-order chi connectivity index (χ1) is 13.9. The van der Waals surface area contributed by atoms with Gasteiger partial charge in [0.25, 0.3) is 0 Å². The largest absolute Gasteiger partial charge is 0.475 e. The Hall–Kier alpha value is -2.56. The minimum absolute atomic E-state index is 0.177. The quantitative estimate of drug-likeness (QED) is 0.340. The number of carboxylic acid groups (broad SMARTS) is 1. The van der Waals surface area contributed by atoms with Crippen LogP contribution in [0.3, 0.4) is 0 Å². The molecule has 3 aromatic rings. The number of hydrogen-bond acceptors (Lipinski definition) is 9. The molecule has 0 saturated carbocycles. The van der Waals surface area contributed by atoms with Gasteiger partial charge in [0.1, 0.15) is 5.01 Å². The Morgan fingerprint density at radius 2 is 2.07 bits per heavy atom. The molecule has 1 atom stereocenters. The van der Waals surface area contributed by atoms with E-state index in [-0.39, 0.29) is 11.5 Å². The molecule has 0 aliphatic carbocycles. The topological polar surface area (TPSA) is 95.0 Å². The summed E-state index contributed by atoms with van der Waals surface area (Å²) in [6.07, 6.45) is 0. The van der Waals surface area contributed by atoms with Crippen LogP contribution in [0.5, 0.6) is 11.5 Å². The van der Waals surface area contributed by atoms with Gasteiger partial charge in [-0.2, -0.15) is 11.3 Å². The zero-order valence-corrected chi connectivity index (χ0v) is 17.8. The van der Waals surface area contributed by atoms with Crippen molar-refractivity contribution in [2.45, 2.75) is 23.4 Å². The Morgan fingerprint density at radius 3 is 2.76 bits per heavy atom. The van der Waals surface area contributed by atoms with Crippen molar-refractivity contribution in [2.24, 2.45) is 0 Å². The molecule has 0 bridgehead atoms. The van der Waals surface area contributed by atoms with Gasteiger partial charge in [-0.1, -0.05) is 0 Å². The molecule has 1 aliphatic heterocycles.